The Morgan fingerprint density at radius 2 is 1.86 bits per heavy atom. The molecular formula is C14H13N3O3S. The summed E-state index contributed by atoms with van der Waals surface area (Å²) in [6.07, 6.45) is 0. The van der Waals surface area contributed by atoms with Crippen molar-refractivity contribution in [3.05, 3.63) is 58.6 Å². The molecule has 3 N–H and O–H groups in total. The number of nitrogens with two attached hydrogens (primary N) is 1. The van der Waals surface area contributed by atoms with Crippen LogP contribution in [0.3, 0.4) is 0 Å². The summed E-state index contributed by atoms with van der Waals surface area (Å²) in [5.74, 6) is -0.196. The average Bonchev–Trinajstić information content (AvgIpc) is 2.47. The zero-order valence-corrected chi connectivity index (χ0v) is 11.8. The number of thioether (sulfide) groups is 1. The number of nitrogen functional groups attached to an aromatic ring is 1. The van der Waals surface area contributed by atoms with E-state index in [1.54, 1.807) is 18.2 Å². The summed E-state index contributed by atoms with van der Waals surface area (Å²) < 4.78 is 0. The molecule has 0 spiro atoms. The number of hydrogen-bond acceptors (Lipinski definition) is 5. The first kappa shape index (κ1) is 14.9. The summed E-state index contributed by atoms with van der Waals surface area (Å²) in [5.41, 5.74) is 6.44. The molecule has 108 valence electrons. The van der Waals surface area contributed by atoms with Gasteiger partial charge < -0.3 is 11.1 Å². The molecule has 0 saturated heterocycles. The first-order valence-corrected chi connectivity index (χ1v) is 7.07. The maximum Gasteiger partial charge on any atom is 0.292 e. The third-order valence-corrected chi connectivity index (χ3v) is 3.74. The van der Waals surface area contributed by atoms with Crippen LogP contribution in [0.15, 0.2) is 53.4 Å². The molecule has 0 heterocycles. The number of anilines is 2. The quantitative estimate of drug-likeness (QED) is 0.383. The summed E-state index contributed by atoms with van der Waals surface area (Å²) in [4.78, 5) is 23.0. The first-order chi connectivity index (χ1) is 10.1. The van der Waals surface area contributed by atoms with Crippen LogP contribution in [-0.2, 0) is 4.79 Å². The van der Waals surface area contributed by atoms with E-state index in [9.17, 15) is 14.9 Å². The molecule has 0 bridgehead atoms. The number of nitro benzene ring substituents is 1. The van der Waals surface area contributed by atoms with Gasteiger partial charge in [-0.1, -0.05) is 24.3 Å². The minimum Gasteiger partial charge on any atom is -0.398 e. The van der Waals surface area contributed by atoms with E-state index < -0.39 is 4.92 Å². The zero-order chi connectivity index (χ0) is 15.2. The second-order valence-electron chi connectivity index (χ2n) is 4.15. The monoisotopic (exact) mass is 303 g/mol. The number of nitro groups is 1. The molecule has 0 radical (unpaired) electrons. The lowest BCUT2D eigenvalue weighted by Gasteiger charge is -2.07. The maximum atomic E-state index is 11.9. The van der Waals surface area contributed by atoms with Crippen LogP contribution in [-0.4, -0.2) is 16.6 Å². The lowest BCUT2D eigenvalue weighted by molar-refractivity contribution is -0.383. The molecular weight excluding hydrogens is 290 g/mol. The number of benzene rings is 2. The van der Waals surface area contributed by atoms with E-state index in [0.29, 0.717) is 5.69 Å². The van der Waals surface area contributed by atoms with E-state index >= 15 is 0 Å². The van der Waals surface area contributed by atoms with Gasteiger partial charge in [-0.05, 0) is 18.2 Å². The molecule has 2 rings (SSSR count). The smallest absolute Gasteiger partial charge is 0.292 e. The van der Waals surface area contributed by atoms with Crippen molar-refractivity contribution in [2.45, 2.75) is 4.90 Å². The highest BCUT2D eigenvalue weighted by Gasteiger charge is 2.14. The fourth-order valence-corrected chi connectivity index (χ4v) is 2.45. The molecule has 7 heteroatoms. The molecule has 2 aromatic carbocycles. The van der Waals surface area contributed by atoms with E-state index in [1.807, 2.05) is 18.2 Å². The summed E-state index contributed by atoms with van der Waals surface area (Å²) in [6, 6.07) is 13.2. The molecule has 6 nitrogen and oxygen atoms in total. The Bertz CT molecular complexity index is 676. The molecule has 1 amide bonds. The van der Waals surface area contributed by atoms with Gasteiger partial charge >= 0.3 is 0 Å². The molecule has 0 aliphatic carbocycles. The molecule has 2 aromatic rings. The van der Waals surface area contributed by atoms with E-state index in [4.69, 9.17) is 5.73 Å². The fourth-order valence-electron chi connectivity index (χ4n) is 1.68. The van der Waals surface area contributed by atoms with Crippen molar-refractivity contribution in [2.75, 3.05) is 16.8 Å². The van der Waals surface area contributed by atoms with Gasteiger partial charge in [-0.3, -0.25) is 14.9 Å². The zero-order valence-electron chi connectivity index (χ0n) is 11.0. The predicted molar refractivity (Wildman–Crippen MR) is 83.3 cm³/mol. The fraction of sp³-hybridized carbons (Fsp3) is 0.0714. The SMILES string of the molecule is Nc1ccccc1SCC(=O)Nc1ccccc1[N+](=O)[O-]. The molecule has 0 aliphatic heterocycles. The normalized spacial score (nSPS) is 10.1. The highest BCUT2D eigenvalue weighted by atomic mass is 32.2. The Kier molecular flexibility index (Phi) is 4.78. The lowest BCUT2D eigenvalue weighted by atomic mass is 10.2. The minimum atomic E-state index is -0.530. The summed E-state index contributed by atoms with van der Waals surface area (Å²) in [5, 5.41) is 13.4. The van der Waals surface area contributed by atoms with E-state index in [2.05, 4.69) is 5.32 Å². The van der Waals surface area contributed by atoms with Crippen molar-refractivity contribution < 1.29 is 9.72 Å². The van der Waals surface area contributed by atoms with Crippen LogP contribution in [0.25, 0.3) is 0 Å². The molecule has 0 saturated carbocycles. The minimum absolute atomic E-state index is 0.125. The van der Waals surface area contributed by atoms with Gasteiger partial charge in [-0.2, -0.15) is 0 Å². The highest BCUT2D eigenvalue weighted by Crippen LogP contribution is 2.26. The van der Waals surface area contributed by atoms with E-state index in [-0.39, 0.29) is 23.0 Å². The van der Waals surface area contributed by atoms with Gasteiger partial charge in [0, 0.05) is 16.6 Å². The van der Waals surface area contributed by atoms with Crippen LogP contribution in [0.5, 0.6) is 0 Å². The van der Waals surface area contributed by atoms with E-state index in [1.165, 1.54) is 23.9 Å². The predicted octanol–water partition coefficient (Wildman–Crippen LogP) is 2.91. The Hall–Kier alpha value is -2.54. The number of hydrogen-bond donors (Lipinski definition) is 2. The van der Waals surface area contributed by atoms with Crippen molar-refractivity contribution in [2.24, 2.45) is 0 Å². The number of carbonyl (C=O) groups is 1. The number of amides is 1. The Balaban J connectivity index is 2.00. The Morgan fingerprint density at radius 1 is 1.19 bits per heavy atom. The van der Waals surface area contributed by atoms with Gasteiger partial charge in [0.1, 0.15) is 5.69 Å². The summed E-state index contributed by atoms with van der Waals surface area (Å²) in [6.45, 7) is 0. The van der Waals surface area contributed by atoms with Crippen LogP contribution in [0.2, 0.25) is 0 Å². The van der Waals surface area contributed by atoms with Crippen LogP contribution in [0.1, 0.15) is 0 Å². The lowest BCUT2D eigenvalue weighted by Crippen LogP contribution is -2.15. The first-order valence-electron chi connectivity index (χ1n) is 6.08. The Labute approximate surface area is 125 Å². The molecule has 0 aromatic heterocycles. The van der Waals surface area contributed by atoms with Gasteiger partial charge in [0.2, 0.25) is 5.91 Å². The third-order valence-electron chi connectivity index (χ3n) is 2.65. The van der Waals surface area contributed by atoms with Crippen molar-refractivity contribution in [3.63, 3.8) is 0 Å². The van der Waals surface area contributed by atoms with Gasteiger partial charge in [-0.25, -0.2) is 0 Å². The molecule has 0 unspecified atom stereocenters. The molecule has 21 heavy (non-hydrogen) atoms. The van der Waals surface area contributed by atoms with Gasteiger partial charge in [-0.15, -0.1) is 11.8 Å². The Morgan fingerprint density at radius 3 is 2.57 bits per heavy atom. The topological polar surface area (TPSA) is 98.3 Å². The second-order valence-corrected chi connectivity index (χ2v) is 5.17. The van der Waals surface area contributed by atoms with Crippen LogP contribution in [0, 0.1) is 10.1 Å². The van der Waals surface area contributed by atoms with Crippen molar-refractivity contribution in [3.8, 4) is 0 Å². The van der Waals surface area contributed by atoms with Gasteiger partial charge in [0.05, 0.1) is 10.7 Å². The van der Waals surface area contributed by atoms with Gasteiger partial charge in [0.25, 0.3) is 5.69 Å². The number of carbonyl (C=O) groups excluding carboxylic acids is 1. The molecule has 0 aliphatic rings. The van der Waals surface area contributed by atoms with Crippen LogP contribution in [0.4, 0.5) is 17.1 Å². The standard InChI is InChI=1S/C14H13N3O3S/c15-10-5-1-4-8-13(10)21-9-14(18)16-11-6-2-3-7-12(11)17(19)20/h1-8H,9,15H2,(H,16,18). The van der Waals surface area contributed by atoms with Crippen molar-refractivity contribution >= 4 is 34.7 Å². The average molecular weight is 303 g/mol. The van der Waals surface area contributed by atoms with Crippen molar-refractivity contribution in [1.29, 1.82) is 0 Å². The third kappa shape index (κ3) is 3.96. The summed E-state index contributed by atoms with van der Waals surface area (Å²) >= 11 is 1.28. The number of rotatable bonds is 5. The van der Waals surface area contributed by atoms with Crippen LogP contribution >= 0.6 is 11.8 Å². The van der Waals surface area contributed by atoms with E-state index in [0.717, 1.165) is 4.90 Å². The maximum absolute atomic E-state index is 11.9. The number of nitrogens with zero attached hydrogens (tertiary/aromatic N) is 1. The number of para-hydroxylation sites is 3. The van der Waals surface area contributed by atoms with Crippen molar-refractivity contribution in [1.82, 2.24) is 0 Å². The number of nitrogens with one attached hydrogen (secondary N) is 1. The summed E-state index contributed by atoms with van der Waals surface area (Å²) in [7, 11) is 0. The highest BCUT2D eigenvalue weighted by molar-refractivity contribution is 8.00. The van der Waals surface area contributed by atoms with Crippen LogP contribution < -0.4 is 11.1 Å². The largest absolute Gasteiger partial charge is 0.398 e. The molecule has 0 atom stereocenters. The molecule has 0 fully saturated rings. The second kappa shape index (κ2) is 6.76. The van der Waals surface area contributed by atoms with Gasteiger partial charge in [0.15, 0.2) is 0 Å².